The minimum atomic E-state index is 0.388. The smallest absolute Gasteiger partial charge is 0.128 e. The van der Waals surface area contributed by atoms with E-state index in [1.807, 2.05) is 19.2 Å². The first kappa shape index (κ1) is 12.9. The van der Waals surface area contributed by atoms with Gasteiger partial charge in [0, 0.05) is 24.8 Å². The van der Waals surface area contributed by atoms with Crippen LogP contribution in [-0.4, -0.2) is 23.1 Å². The highest BCUT2D eigenvalue weighted by Crippen LogP contribution is 2.16. The van der Waals surface area contributed by atoms with Crippen LogP contribution in [0.1, 0.15) is 26.3 Å². The van der Waals surface area contributed by atoms with Crippen LogP contribution in [0.2, 0.25) is 0 Å². The second-order valence-corrected chi connectivity index (χ2v) is 4.80. The summed E-state index contributed by atoms with van der Waals surface area (Å²) in [6, 6.07) is 4.31. The van der Waals surface area contributed by atoms with Gasteiger partial charge in [0.25, 0.3) is 0 Å². The van der Waals surface area contributed by atoms with E-state index in [-0.39, 0.29) is 0 Å². The molecular formula is C12H19N3S. The standard InChI is InChI=1S/C12H19N3S/c1-8(2)9(3)15(4)11-6-5-10(7-14-11)12(13)16/h5-9H,1-4H3,(H2,13,16). The molecule has 0 radical (unpaired) electrons. The molecule has 0 aliphatic rings. The van der Waals surface area contributed by atoms with Crippen molar-refractivity contribution in [3.63, 3.8) is 0 Å². The fourth-order valence-corrected chi connectivity index (χ4v) is 1.52. The van der Waals surface area contributed by atoms with Crippen molar-refractivity contribution >= 4 is 23.0 Å². The van der Waals surface area contributed by atoms with E-state index in [0.717, 1.165) is 11.4 Å². The number of aromatic nitrogens is 1. The molecule has 0 saturated carbocycles. The summed E-state index contributed by atoms with van der Waals surface area (Å²) in [6.45, 7) is 6.59. The molecule has 0 bridgehead atoms. The fourth-order valence-electron chi connectivity index (χ4n) is 1.40. The first-order chi connectivity index (χ1) is 7.43. The largest absolute Gasteiger partial charge is 0.389 e. The van der Waals surface area contributed by atoms with Crippen molar-refractivity contribution in [2.24, 2.45) is 11.7 Å². The third-order valence-electron chi connectivity index (χ3n) is 2.97. The fraction of sp³-hybridized carbons (Fsp3) is 0.500. The van der Waals surface area contributed by atoms with Crippen molar-refractivity contribution in [2.45, 2.75) is 26.8 Å². The van der Waals surface area contributed by atoms with Crippen LogP contribution in [-0.2, 0) is 0 Å². The number of anilines is 1. The number of pyridine rings is 1. The molecule has 0 aliphatic heterocycles. The molecular weight excluding hydrogens is 218 g/mol. The first-order valence-corrected chi connectivity index (χ1v) is 5.83. The lowest BCUT2D eigenvalue weighted by molar-refractivity contribution is 0.503. The van der Waals surface area contributed by atoms with Gasteiger partial charge in [-0.3, -0.25) is 0 Å². The Labute approximate surface area is 103 Å². The minimum Gasteiger partial charge on any atom is -0.389 e. The van der Waals surface area contributed by atoms with Crippen molar-refractivity contribution in [3.05, 3.63) is 23.9 Å². The van der Waals surface area contributed by atoms with Crippen LogP contribution < -0.4 is 10.6 Å². The monoisotopic (exact) mass is 237 g/mol. The van der Waals surface area contributed by atoms with Gasteiger partial charge in [0.2, 0.25) is 0 Å². The molecule has 4 heteroatoms. The van der Waals surface area contributed by atoms with Gasteiger partial charge in [-0.15, -0.1) is 0 Å². The van der Waals surface area contributed by atoms with Gasteiger partial charge in [0.05, 0.1) is 0 Å². The zero-order valence-corrected chi connectivity index (χ0v) is 11.1. The van der Waals surface area contributed by atoms with Crippen molar-refractivity contribution in [1.29, 1.82) is 0 Å². The number of nitrogens with zero attached hydrogens (tertiary/aromatic N) is 2. The van der Waals surface area contributed by atoms with E-state index in [4.69, 9.17) is 18.0 Å². The third-order valence-corrected chi connectivity index (χ3v) is 3.21. The normalized spacial score (nSPS) is 12.6. The quantitative estimate of drug-likeness (QED) is 0.815. The maximum atomic E-state index is 5.53. The van der Waals surface area contributed by atoms with Crippen molar-refractivity contribution < 1.29 is 0 Å². The topological polar surface area (TPSA) is 42.1 Å². The van der Waals surface area contributed by atoms with Gasteiger partial charge in [-0.25, -0.2) is 4.98 Å². The van der Waals surface area contributed by atoms with E-state index in [1.165, 1.54) is 0 Å². The predicted molar refractivity (Wildman–Crippen MR) is 72.8 cm³/mol. The number of hydrogen-bond donors (Lipinski definition) is 1. The third kappa shape index (κ3) is 2.92. The van der Waals surface area contributed by atoms with Gasteiger partial charge in [0.1, 0.15) is 10.8 Å². The Kier molecular flexibility index (Phi) is 4.24. The highest BCUT2D eigenvalue weighted by atomic mass is 32.1. The van der Waals surface area contributed by atoms with E-state index >= 15 is 0 Å². The van der Waals surface area contributed by atoms with Crippen molar-refractivity contribution in [1.82, 2.24) is 4.98 Å². The Morgan fingerprint density at radius 2 is 2.00 bits per heavy atom. The van der Waals surface area contributed by atoms with Gasteiger partial charge in [-0.1, -0.05) is 26.1 Å². The first-order valence-electron chi connectivity index (χ1n) is 5.42. The molecule has 88 valence electrons. The summed E-state index contributed by atoms with van der Waals surface area (Å²) in [4.78, 5) is 6.91. The molecule has 3 nitrogen and oxygen atoms in total. The molecule has 16 heavy (non-hydrogen) atoms. The van der Waals surface area contributed by atoms with Crippen LogP contribution in [0, 0.1) is 5.92 Å². The lowest BCUT2D eigenvalue weighted by Gasteiger charge is -2.28. The summed E-state index contributed by atoms with van der Waals surface area (Å²) in [5.41, 5.74) is 6.34. The summed E-state index contributed by atoms with van der Waals surface area (Å²) in [6.07, 6.45) is 1.72. The number of rotatable bonds is 4. The lowest BCUT2D eigenvalue weighted by Crippen LogP contribution is -2.33. The van der Waals surface area contributed by atoms with Gasteiger partial charge >= 0.3 is 0 Å². The Balaban J connectivity index is 2.85. The van der Waals surface area contributed by atoms with E-state index in [2.05, 4.69) is 30.7 Å². The summed E-state index contributed by atoms with van der Waals surface area (Å²) < 4.78 is 0. The van der Waals surface area contributed by atoms with Crippen LogP contribution in [0.15, 0.2) is 18.3 Å². The molecule has 0 aliphatic carbocycles. The average Bonchev–Trinajstić information content (AvgIpc) is 2.27. The summed E-state index contributed by atoms with van der Waals surface area (Å²) >= 11 is 4.89. The molecule has 1 heterocycles. The molecule has 0 fully saturated rings. The maximum absolute atomic E-state index is 5.53. The molecule has 0 aromatic carbocycles. The van der Waals surface area contributed by atoms with E-state index in [9.17, 15) is 0 Å². The zero-order valence-electron chi connectivity index (χ0n) is 10.3. The second-order valence-electron chi connectivity index (χ2n) is 4.36. The van der Waals surface area contributed by atoms with Gasteiger partial charge in [-0.2, -0.15) is 0 Å². The Hall–Kier alpha value is -1.16. The average molecular weight is 237 g/mol. The minimum absolute atomic E-state index is 0.388. The van der Waals surface area contributed by atoms with Crippen LogP contribution in [0.5, 0.6) is 0 Å². The van der Waals surface area contributed by atoms with Gasteiger partial charge in [-0.05, 0) is 25.0 Å². The van der Waals surface area contributed by atoms with E-state index in [0.29, 0.717) is 16.9 Å². The molecule has 0 saturated heterocycles. The second kappa shape index (κ2) is 5.25. The van der Waals surface area contributed by atoms with Gasteiger partial charge < -0.3 is 10.6 Å². The van der Waals surface area contributed by atoms with Gasteiger partial charge in [0.15, 0.2) is 0 Å². The zero-order chi connectivity index (χ0) is 12.3. The molecule has 1 atom stereocenters. The lowest BCUT2D eigenvalue weighted by atomic mass is 10.1. The van der Waals surface area contributed by atoms with E-state index < -0.39 is 0 Å². The number of thiocarbonyl (C=S) groups is 1. The van der Waals surface area contributed by atoms with Crippen LogP contribution in [0.25, 0.3) is 0 Å². The van der Waals surface area contributed by atoms with E-state index in [1.54, 1.807) is 6.20 Å². The molecule has 0 spiro atoms. The number of nitrogens with two attached hydrogens (primary N) is 1. The SMILES string of the molecule is CC(C)C(C)N(C)c1ccc(C(N)=S)cn1. The molecule has 0 amide bonds. The molecule has 1 aromatic heterocycles. The molecule has 1 unspecified atom stereocenters. The molecule has 1 rings (SSSR count). The highest BCUT2D eigenvalue weighted by molar-refractivity contribution is 7.80. The van der Waals surface area contributed by atoms with Crippen molar-refractivity contribution in [3.8, 4) is 0 Å². The Morgan fingerprint density at radius 3 is 2.38 bits per heavy atom. The number of hydrogen-bond acceptors (Lipinski definition) is 3. The Morgan fingerprint density at radius 1 is 1.38 bits per heavy atom. The highest BCUT2D eigenvalue weighted by Gasteiger charge is 2.14. The van der Waals surface area contributed by atoms with Crippen LogP contribution >= 0.6 is 12.2 Å². The van der Waals surface area contributed by atoms with Crippen molar-refractivity contribution in [2.75, 3.05) is 11.9 Å². The predicted octanol–water partition coefficient (Wildman–Crippen LogP) is 2.20. The summed E-state index contributed by atoms with van der Waals surface area (Å²) in [7, 11) is 2.05. The van der Waals surface area contributed by atoms with Crippen LogP contribution in [0.4, 0.5) is 5.82 Å². The molecule has 1 aromatic rings. The Bertz CT molecular complexity index is 359. The van der Waals surface area contributed by atoms with Crippen LogP contribution in [0.3, 0.4) is 0 Å². The maximum Gasteiger partial charge on any atom is 0.128 e. The molecule has 2 N–H and O–H groups in total. The summed E-state index contributed by atoms with van der Waals surface area (Å²) in [5.74, 6) is 1.53. The summed E-state index contributed by atoms with van der Waals surface area (Å²) in [5, 5.41) is 0.